The number of rotatable bonds is 7. The second-order valence-electron chi connectivity index (χ2n) is 4.91. The van der Waals surface area contributed by atoms with Crippen LogP contribution in [0.4, 0.5) is 0 Å². The number of thioether (sulfide) groups is 1. The number of hydrogen-bond donors (Lipinski definition) is 1. The fourth-order valence-corrected chi connectivity index (χ4v) is 4.32. The van der Waals surface area contributed by atoms with Crippen molar-refractivity contribution in [3.8, 4) is 0 Å². The summed E-state index contributed by atoms with van der Waals surface area (Å²) >= 11 is 8.40. The first-order chi connectivity index (χ1) is 10.2. The molecule has 1 aromatic rings. The van der Waals surface area contributed by atoms with Gasteiger partial charge in [-0.15, -0.1) is 11.3 Å². The van der Waals surface area contributed by atoms with E-state index in [-0.39, 0.29) is 5.91 Å². The Labute approximate surface area is 140 Å². The minimum Gasteiger partial charge on any atom is -0.335 e. The third-order valence-corrected chi connectivity index (χ3v) is 5.80. The van der Waals surface area contributed by atoms with Gasteiger partial charge in [-0.25, -0.2) is 0 Å². The normalized spacial score (nSPS) is 17.5. The lowest BCUT2D eigenvalue weighted by atomic mass is 10.3. The lowest BCUT2D eigenvalue weighted by Gasteiger charge is -2.18. The van der Waals surface area contributed by atoms with Crippen LogP contribution in [0.5, 0.6) is 0 Å². The fourth-order valence-electron chi connectivity index (χ4n) is 2.29. The van der Waals surface area contributed by atoms with E-state index in [0.717, 1.165) is 42.4 Å². The molecule has 1 aromatic heterocycles. The van der Waals surface area contributed by atoms with Gasteiger partial charge in [0.1, 0.15) is 4.32 Å². The molecule has 1 N–H and O–H groups in total. The molecule has 2 rings (SSSR count). The van der Waals surface area contributed by atoms with Gasteiger partial charge in [-0.05, 0) is 31.4 Å². The zero-order valence-corrected chi connectivity index (χ0v) is 14.9. The Morgan fingerprint density at radius 3 is 2.76 bits per heavy atom. The van der Waals surface area contributed by atoms with E-state index in [0.29, 0.717) is 4.32 Å². The summed E-state index contributed by atoms with van der Waals surface area (Å²) in [6.07, 6.45) is 2.94. The molecule has 1 fully saturated rings. The van der Waals surface area contributed by atoms with Gasteiger partial charge >= 0.3 is 0 Å². The molecular formula is C15H21N2OS3+. The maximum atomic E-state index is 12.4. The Hall–Kier alpha value is -0.690. The van der Waals surface area contributed by atoms with Crippen LogP contribution in [0.2, 0.25) is 0 Å². The topological polar surface area (TPSA) is 24.8 Å². The quantitative estimate of drug-likeness (QED) is 0.608. The summed E-state index contributed by atoms with van der Waals surface area (Å²) in [5.74, 6) is 0.0629. The molecule has 0 saturated carbocycles. The van der Waals surface area contributed by atoms with Crippen LogP contribution < -0.4 is 4.90 Å². The van der Waals surface area contributed by atoms with Crippen molar-refractivity contribution in [2.45, 2.75) is 20.3 Å². The molecule has 114 valence electrons. The highest BCUT2D eigenvalue weighted by molar-refractivity contribution is 8.26. The summed E-state index contributed by atoms with van der Waals surface area (Å²) in [4.78, 5) is 17.6. The van der Waals surface area contributed by atoms with E-state index in [1.165, 1.54) is 11.8 Å². The van der Waals surface area contributed by atoms with Gasteiger partial charge in [0, 0.05) is 17.8 Å². The third kappa shape index (κ3) is 4.39. The van der Waals surface area contributed by atoms with Gasteiger partial charge in [0.05, 0.1) is 24.5 Å². The Morgan fingerprint density at radius 1 is 1.38 bits per heavy atom. The Morgan fingerprint density at radius 2 is 2.14 bits per heavy atom. The van der Waals surface area contributed by atoms with Crippen molar-refractivity contribution in [3.63, 3.8) is 0 Å². The number of thiophene rings is 1. The first-order valence-electron chi connectivity index (χ1n) is 7.28. The minimum absolute atomic E-state index is 0.0629. The number of thiocarbonyl (C=S) groups is 1. The highest BCUT2D eigenvalue weighted by atomic mass is 32.2. The lowest BCUT2D eigenvalue weighted by Crippen LogP contribution is -3.11. The summed E-state index contributed by atoms with van der Waals surface area (Å²) in [6, 6.07) is 4.01. The summed E-state index contributed by atoms with van der Waals surface area (Å²) in [7, 11) is 0. The maximum Gasteiger partial charge on any atom is 0.266 e. The molecule has 1 aliphatic heterocycles. The molecule has 21 heavy (non-hydrogen) atoms. The maximum absolute atomic E-state index is 12.4. The third-order valence-electron chi connectivity index (χ3n) is 3.60. The highest BCUT2D eigenvalue weighted by Gasteiger charge is 2.31. The van der Waals surface area contributed by atoms with Crippen molar-refractivity contribution >= 4 is 51.6 Å². The van der Waals surface area contributed by atoms with Gasteiger partial charge in [-0.2, -0.15) is 0 Å². The van der Waals surface area contributed by atoms with Gasteiger partial charge in [-0.3, -0.25) is 9.69 Å². The zero-order chi connectivity index (χ0) is 15.2. The fraction of sp³-hybridized carbons (Fsp3) is 0.467. The smallest absolute Gasteiger partial charge is 0.266 e. The van der Waals surface area contributed by atoms with E-state index in [2.05, 4.69) is 13.8 Å². The van der Waals surface area contributed by atoms with Crippen molar-refractivity contribution in [2.75, 3.05) is 26.2 Å². The molecule has 0 unspecified atom stereocenters. The van der Waals surface area contributed by atoms with Crippen LogP contribution in [-0.2, 0) is 4.79 Å². The average molecular weight is 342 g/mol. The summed E-state index contributed by atoms with van der Waals surface area (Å²) in [6.45, 7) is 8.48. The van der Waals surface area contributed by atoms with Crippen LogP contribution in [0.3, 0.4) is 0 Å². The molecular weight excluding hydrogens is 320 g/mol. The van der Waals surface area contributed by atoms with E-state index in [1.807, 2.05) is 23.6 Å². The molecule has 3 nitrogen and oxygen atoms in total. The number of nitrogens with zero attached hydrogens (tertiary/aromatic N) is 1. The highest BCUT2D eigenvalue weighted by Crippen LogP contribution is 2.33. The minimum atomic E-state index is 0.0629. The number of quaternary nitrogens is 1. The molecule has 1 aliphatic rings. The van der Waals surface area contributed by atoms with Crippen molar-refractivity contribution < 1.29 is 9.69 Å². The van der Waals surface area contributed by atoms with Crippen LogP contribution >= 0.6 is 35.3 Å². The Balaban J connectivity index is 1.93. The first-order valence-corrected chi connectivity index (χ1v) is 9.38. The molecule has 0 aromatic carbocycles. The van der Waals surface area contributed by atoms with Crippen LogP contribution in [-0.4, -0.2) is 41.3 Å². The molecule has 0 radical (unpaired) electrons. The van der Waals surface area contributed by atoms with E-state index < -0.39 is 0 Å². The SMILES string of the molecule is CC[NH+](CC)CCCN1C(=O)/C(=C/c2cccs2)SC1=S. The van der Waals surface area contributed by atoms with Gasteiger partial charge in [0.2, 0.25) is 0 Å². The molecule has 0 aliphatic carbocycles. The van der Waals surface area contributed by atoms with Crippen LogP contribution in [0.1, 0.15) is 25.1 Å². The molecule has 1 amide bonds. The molecule has 0 atom stereocenters. The second kappa shape index (κ2) is 8.08. The van der Waals surface area contributed by atoms with Crippen molar-refractivity contribution in [2.24, 2.45) is 0 Å². The number of amides is 1. The standard InChI is InChI=1S/C15H20N2OS3/c1-3-16(4-2)8-6-9-17-14(18)13(21-15(17)19)11-12-7-5-10-20-12/h5,7,10-11H,3-4,6,8-9H2,1-2H3/p+1/b13-11-. The van der Waals surface area contributed by atoms with E-state index in [9.17, 15) is 4.79 Å². The average Bonchev–Trinajstić information content (AvgIpc) is 3.07. The van der Waals surface area contributed by atoms with Crippen molar-refractivity contribution in [1.82, 2.24) is 4.90 Å². The van der Waals surface area contributed by atoms with E-state index in [4.69, 9.17) is 12.2 Å². The lowest BCUT2D eigenvalue weighted by molar-refractivity contribution is -0.896. The van der Waals surface area contributed by atoms with Crippen LogP contribution in [0.25, 0.3) is 6.08 Å². The van der Waals surface area contributed by atoms with Crippen LogP contribution in [0.15, 0.2) is 22.4 Å². The monoisotopic (exact) mass is 341 g/mol. The number of carbonyl (C=O) groups is 1. The van der Waals surface area contributed by atoms with Gasteiger partial charge in [0.15, 0.2) is 0 Å². The van der Waals surface area contributed by atoms with Gasteiger partial charge in [-0.1, -0.05) is 30.0 Å². The summed E-state index contributed by atoms with van der Waals surface area (Å²) < 4.78 is 0.692. The number of nitrogens with one attached hydrogen (secondary N) is 1. The molecule has 6 heteroatoms. The largest absolute Gasteiger partial charge is 0.335 e. The number of hydrogen-bond acceptors (Lipinski definition) is 4. The second-order valence-corrected chi connectivity index (χ2v) is 7.56. The van der Waals surface area contributed by atoms with E-state index >= 15 is 0 Å². The first kappa shape index (κ1) is 16.7. The Bertz CT molecular complexity index is 521. The summed E-state index contributed by atoms with van der Waals surface area (Å²) in [5.41, 5.74) is 0. The van der Waals surface area contributed by atoms with E-state index in [1.54, 1.807) is 21.1 Å². The van der Waals surface area contributed by atoms with Gasteiger partial charge < -0.3 is 4.90 Å². The molecule has 1 saturated heterocycles. The zero-order valence-electron chi connectivity index (χ0n) is 12.4. The van der Waals surface area contributed by atoms with Crippen molar-refractivity contribution in [1.29, 1.82) is 0 Å². The van der Waals surface area contributed by atoms with Crippen molar-refractivity contribution in [3.05, 3.63) is 27.3 Å². The molecule has 0 bridgehead atoms. The predicted molar refractivity (Wildman–Crippen MR) is 95.7 cm³/mol. The van der Waals surface area contributed by atoms with Crippen LogP contribution in [0, 0.1) is 0 Å². The van der Waals surface area contributed by atoms with Gasteiger partial charge in [0.25, 0.3) is 5.91 Å². The summed E-state index contributed by atoms with van der Waals surface area (Å²) in [5, 5.41) is 2.01. The number of carbonyl (C=O) groups excluding carboxylic acids is 1. The molecule has 2 heterocycles. The Kier molecular flexibility index (Phi) is 6.41. The predicted octanol–water partition coefficient (Wildman–Crippen LogP) is 2.26. The molecule has 0 spiro atoms.